The molecular formula is C12H19N2+. The highest BCUT2D eigenvalue weighted by Gasteiger charge is 2.22. The van der Waals surface area contributed by atoms with Gasteiger partial charge < -0.3 is 10.6 Å². The van der Waals surface area contributed by atoms with Crippen molar-refractivity contribution in [3.8, 4) is 0 Å². The normalized spacial score (nSPS) is 21.0. The molecule has 0 spiro atoms. The minimum atomic E-state index is 0.712. The molecule has 0 radical (unpaired) electrons. The number of rotatable bonds is 1. The van der Waals surface area contributed by atoms with Crippen LogP contribution in [0.1, 0.15) is 17.5 Å². The van der Waals surface area contributed by atoms with Gasteiger partial charge in [0.2, 0.25) is 0 Å². The van der Waals surface area contributed by atoms with Gasteiger partial charge in [-0.05, 0) is 45.0 Å². The highest BCUT2D eigenvalue weighted by Crippen LogP contribution is 2.26. The molecule has 0 saturated heterocycles. The fraction of sp³-hybridized carbons (Fsp3) is 0.500. The number of likely N-dealkylation sites (N-methyl/N-ethyl adjacent to an activating group) is 1. The van der Waals surface area contributed by atoms with Gasteiger partial charge in [0.25, 0.3) is 0 Å². The number of fused-ring (bicyclic) bond motifs is 1. The maximum atomic E-state index is 4.09. The molecular weight excluding hydrogens is 172 g/mol. The highest BCUT2D eigenvalue weighted by molar-refractivity contribution is 5.46. The van der Waals surface area contributed by atoms with Crippen molar-refractivity contribution in [3.63, 3.8) is 0 Å². The Hall–Kier alpha value is -0.860. The lowest BCUT2D eigenvalue weighted by Crippen LogP contribution is -2.43. The Bertz CT molecular complexity index is 331. The molecule has 0 heterocycles. The number of quaternary nitrogens is 1. The van der Waals surface area contributed by atoms with Gasteiger partial charge in [-0.1, -0.05) is 12.1 Å². The van der Waals surface area contributed by atoms with Crippen LogP contribution < -0.4 is 5.73 Å². The molecule has 0 aliphatic heterocycles. The quantitative estimate of drug-likeness (QED) is 0.705. The van der Waals surface area contributed by atoms with Crippen LogP contribution in [0, 0.1) is 0 Å². The van der Waals surface area contributed by atoms with E-state index >= 15 is 0 Å². The van der Waals surface area contributed by atoms with Crippen LogP contribution in [0.15, 0.2) is 18.2 Å². The first kappa shape index (κ1) is 9.69. The Morgan fingerprint density at radius 1 is 1.36 bits per heavy atom. The molecule has 1 aliphatic rings. The standard InChI is InChI=1S/C12H18N2/c1-14(2)10-6-7-11-9(8-10)4-3-5-12(11)13/h3-5,10H,6-8,13H2,1-2H3/p+1. The SMILES string of the molecule is CN(C)C1CCc2c([NH3+])cccc2C1. The first-order valence-electron chi connectivity index (χ1n) is 5.27. The molecule has 0 bridgehead atoms. The fourth-order valence-electron chi connectivity index (χ4n) is 2.31. The number of hydrogen-bond acceptors (Lipinski definition) is 1. The van der Waals surface area contributed by atoms with Crippen molar-refractivity contribution in [1.29, 1.82) is 0 Å². The van der Waals surface area contributed by atoms with Crippen molar-refractivity contribution in [3.05, 3.63) is 29.3 Å². The molecule has 1 aliphatic carbocycles. The van der Waals surface area contributed by atoms with E-state index in [2.05, 4.69) is 42.9 Å². The van der Waals surface area contributed by atoms with Gasteiger partial charge in [0.05, 0.1) is 0 Å². The Morgan fingerprint density at radius 2 is 2.14 bits per heavy atom. The lowest BCUT2D eigenvalue weighted by atomic mass is 9.87. The average Bonchev–Trinajstić information content (AvgIpc) is 2.17. The summed E-state index contributed by atoms with van der Waals surface area (Å²) >= 11 is 0. The van der Waals surface area contributed by atoms with Crippen molar-refractivity contribution in [2.24, 2.45) is 0 Å². The van der Waals surface area contributed by atoms with Crippen molar-refractivity contribution in [2.75, 3.05) is 14.1 Å². The number of hydrogen-bond donors (Lipinski definition) is 1. The van der Waals surface area contributed by atoms with Crippen molar-refractivity contribution >= 4 is 5.69 Å². The molecule has 2 nitrogen and oxygen atoms in total. The molecule has 0 fully saturated rings. The van der Waals surface area contributed by atoms with Gasteiger partial charge in [-0.15, -0.1) is 0 Å². The van der Waals surface area contributed by atoms with Gasteiger partial charge in [-0.25, -0.2) is 0 Å². The zero-order valence-corrected chi connectivity index (χ0v) is 9.09. The summed E-state index contributed by atoms with van der Waals surface area (Å²) in [5, 5.41) is 0. The summed E-state index contributed by atoms with van der Waals surface area (Å²) in [7, 11) is 4.34. The molecule has 1 aromatic rings. The first-order chi connectivity index (χ1) is 6.68. The lowest BCUT2D eigenvalue weighted by molar-refractivity contribution is -0.256. The van der Waals surface area contributed by atoms with E-state index in [0.717, 1.165) is 0 Å². The van der Waals surface area contributed by atoms with Gasteiger partial charge in [0, 0.05) is 11.6 Å². The summed E-state index contributed by atoms with van der Waals surface area (Å²) in [6, 6.07) is 7.21. The molecule has 0 amide bonds. The van der Waals surface area contributed by atoms with Gasteiger partial charge in [-0.2, -0.15) is 0 Å². The molecule has 0 aromatic heterocycles. The monoisotopic (exact) mass is 191 g/mol. The van der Waals surface area contributed by atoms with Gasteiger partial charge in [-0.3, -0.25) is 0 Å². The molecule has 2 rings (SSSR count). The number of nitrogens with zero attached hydrogens (tertiary/aromatic N) is 1. The second-order valence-corrected chi connectivity index (χ2v) is 4.42. The molecule has 1 aromatic carbocycles. The Kier molecular flexibility index (Phi) is 2.57. The van der Waals surface area contributed by atoms with Crippen LogP contribution >= 0.6 is 0 Å². The zero-order chi connectivity index (χ0) is 10.1. The summed E-state index contributed by atoms with van der Waals surface area (Å²) in [4.78, 5) is 2.33. The van der Waals surface area contributed by atoms with Crippen molar-refractivity contribution < 1.29 is 5.73 Å². The van der Waals surface area contributed by atoms with E-state index in [4.69, 9.17) is 0 Å². The predicted molar refractivity (Wildman–Crippen MR) is 58.5 cm³/mol. The van der Waals surface area contributed by atoms with Gasteiger partial charge in [0.1, 0.15) is 5.69 Å². The van der Waals surface area contributed by atoms with Crippen LogP contribution in [0.5, 0.6) is 0 Å². The summed E-state index contributed by atoms with van der Waals surface area (Å²) in [5.41, 5.74) is 8.31. The Balaban J connectivity index is 2.27. The van der Waals surface area contributed by atoms with Crippen LogP contribution in [0.4, 0.5) is 5.69 Å². The van der Waals surface area contributed by atoms with E-state index in [1.807, 2.05) is 0 Å². The lowest BCUT2D eigenvalue weighted by Gasteiger charge is -2.29. The maximum Gasteiger partial charge on any atom is 0.131 e. The van der Waals surface area contributed by atoms with E-state index in [1.54, 1.807) is 0 Å². The third kappa shape index (κ3) is 1.68. The van der Waals surface area contributed by atoms with E-state index in [0.29, 0.717) is 6.04 Å². The van der Waals surface area contributed by atoms with Crippen LogP contribution in [0.25, 0.3) is 0 Å². The maximum absolute atomic E-state index is 4.09. The molecule has 2 heteroatoms. The van der Waals surface area contributed by atoms with E-state index in [9.17, 15) is 0 Å². The largest absolute Gasteiger partial charge is 0.325 e. The fourth-order valence-corrected chi connectivity index (χ4v) is 2.31. The van der Waals surface area contributed by atoms with E-state index in [1.165, 1.54) is 36.1 Å². The Labute approximate surface area is 85.7 Å². The van der Waals surface area contributed by atoms with Gasteiger partial charge >= 0.3 is 0 Å². The summed E-state index contributed by atoms with van der Waals surface area (Å²) in [6.07, 6.45) is 3.65. The minimum Gasteiger partial charge on any atom is -0.325 e. The Morgan fingerprint density at radius 3 is 2.86 bits per heavy atom. The minimum absolute atomic E-state index is 0.712. The third-order valence-electron chi connectivity index (χ3n) is 3.28. The van der Waals surface area contributed by atoms with Crippen LogP contribution in [0.2, 0.25) is 0 Å². The second-order valence-electron chi connectivity index (χ2n) is 4.42. The molecule has 76 valence electrons. The zero-order valence-electron chi connectivity index (χ0n) is 9.09. The summed E-state index contributed by atoms with van der Waals surface area (Å²) < 4.78 is 0. The van der Waals surface area contributed by atoms with Gasteiger partial charge in [0.15, 0.2) is 0 Å². The second kappa shape index (κ2) is 3.71. The highest BCUT2D eigenvalue weighted by atomic mass is 15.1. The smallest absolute Gasteiger partial charge is 0.131 e. The summed E-state index contributed by atoms with van der Waals surface area (Å²) in [6.45, 7) is 0. The average molecular weight is 191 g/mol. The summed E-state index contributed by atoms with van der Waals surface area (Å²) in [5.74, 6) is 0. The van der Waals surface area contributed by atoms with Crippen molar-refractivity contribution in [1.82, 2.24) is 4.90 Å². The molecule has 1 unspecified atom stereocenters. The van der Waals surface area contributed by atoms with Crippen molar-refractivity contribution in [2.45, 2.75) is 25.3 Å². The van der Waals surface area contributed by atoms with Crippen LogP contribution in [-0.2, 0) is 12.8 Å². The molecule has 1 atom stereocenters. The predicted octanol–water partition coefficient (Wildman–Crippen LogP) is 0.979. The number of benzene rings is 1. The molecule has 3 N–H and O–H groups in total. The van der Waals surface area contributed by atoms with E-state index in [-0.39, 0.29) is 0 Å². The van der Waals surface area contributed by atoms with Crippen LogP contribution in [0.3, 0.4) is 0 Å². The van der Waals surface area contributed by atoms with Crippen LogP contribution in [-0.4, -0.2) is 25.0 Å². The first-order valence-corrected chi connectivity index (χ1v) is 5.27. The molecule has 14 heavy (non-hydrogen) atoms. The third-order valence-corrected chi connectivity index (χ3v) is 3.28. The topological polar surface area (TPSA) is 30.9 Å². The molecule has 0 saturated carbocycles. The van der Waals surface area contributed by atoms with E-state index < -0.39 is 0 Å².